The molecule has 0 saturated heterocycles. The second-order valence-corrected chi connectivity index (χ2v) is 4.63. The van der Waals surface area contributed by atoms with E-state index in [2.05, 4.69) is 24.3 Å². The van der Waals surface area contributed by atoms with Crippen LogP contribution in [0.1, 0.15) is 19.4 Å². The molecule has 0 heterocycles. The molecular weight excluding hydrogens is 184 g/mol. The van der Waals surface area contributed by atoms with Crippen LogP contribution in [-0.2, 0) is 6.42 Å². The molecule has 15 heavy (non-hydrogen) atoms. The third-order valence-electron chi connectivity index (χ3n) is 2.50. The van der Waals surface area contributed by atoms with Crippen LogP contribution in [0.2, 0.25) is 0 Å². The number of hydrogen-bond acceptors (Lipinski definition) is 1. The molecule has 0 saturated carbocycles. The molecule has 1 nitrogen and oxygen atoms in total. The highest BCUT2D eigenvalue weighted by Gasteiger charge is 2.14. The third-order valence-corrected chi connectivity index (χ3v) is 2.50. The van der Waals surface area contributed by atoms with Gasteiger partial charge in [-0.1, -0.05) is 42.5 Å². The fourth-order valence-electron chi connectivity index (χ4n) is 1.91. The van der Waals surface area contributed by atoms with Gasteiger partial charge in [-0.25, -0.2) is 0 Å². The Morgan fingerprint density at radius 2 is 1.67 bits per heavy atom. The minimum Gasteiger partial charge on any atom is -0.390 e. The lowest BCUT2D eigenvalue weighted by Crippen LogP contribution is -2.21. The van der Waals surface area contributed by atoms with Gasteiger partial charge in [-0.15, -0.1) is 0 Å². The summed E-state index contributed by atoms with van der Waals surface area (Å²) in [4.78, 5) is 0. The maximum Gasteiger partial charge on any atom is 0.0632 e. The molecule has 0 spiro atoms. The van der Waals surface area contributed by atoms with Crippen LogP contribution in [0, 0.1) is 0 Å². The summed E-state index contributed by atoms with van der Waals surface area (Å²) in [5.41, 5.74) is 0.560. The lowest BCUT2D eigenvalue weighted by Gasteiger charge is -2.18. The minimum atomic E-state index is -0.649. The van der Waals surface area contributed by atoms with Crippen molar-refractivity contribution in [2.75, 3.05) is 0 Å². The van der Waals surface area contributed by atoms with E-state index in [4.69, 9.17) is 0 Å². The van der Waals surface area contributed by atoms with E-state index in [9.17, 15) is 5.11 Å². The Morgan fingerprint density at radius 1 is 1.00 bits per heavy atom. The van der Waals surface area contributed by atoms with E-state index in [1.165, 1.54) is 16.3 Å². The van der Waals surface area contributed by atoms with Gasteiger partial charge in [0.1, 0.15) is 0 Å². The largest absolute Gasteiger partial charge is 0.390 e. The summed E-state index contributed by atoms with van der Waals surface area (Å²) in [7, 11) is 0. The van der Waals surface area contributed by atoms with Crippen molar-refractivity contribution in [1.29, 1.82) is 0 Å². The van der Waals surface area contributed by atoms with Crippen molar-refractivity contribution in [3.05, 3.63) is 48.0 Å². The van der Waals surface area contributed by atoms with Crippen molar-refractivity contribution in [3.63, 3.8) is 0 Å². The molecule has 0 aliphatic carbocycles. The maximum atomic E-state index is 9.83. The second-order valence-electron chi connectivity index (χ2n) is 4.63. The third kappa shape index (κ3) is 2.37. The van der Waals surface area contributed by atoms with Gasteiger partial charge in [-0.05, 0) is 30.2 Å². The number of fused-ring (bicyclic) bond motifs is 1. The predicted molar refractivity (Wildman–Crippen MR) is 63.9 cm³/mol. The van der Waals surface area contributed by atoms with Crippen LogP contribution in [0.4, 0.5) is 0 Å². The smallest absolute Gasteiger partial charge is 0.0632 e. The average Bonchev–Trinajstić information content (AvgIpc) is 2.16. The second kappa shape index (κ2) is 3.67. The molecule has 0 atom stereocenters. The lowest BCUT2D eigenvalue weighted by atomic mass is 9.94. The van der Waals surface area contributed by atoms with Crippen LogP contribution in [0.25, 0.3) is 10.8 Å². The lowest BCUT2D eigenvalue weighted by molar-refractivity contribution is 0.0813. The van der Waals surface area contributed by atoms with Gasteiger partial charge >= 0.3 is 0 Å². The van der Waals surface area contributed by atoms with Crippen molar-refractivity contribution in [1.82, 2.24) is 0 Å². The summed E-state index contributed by atoms with van der Waals surface area (Å²) >= 11 is 0. The van der Waals surface area contributed by atoms with Gasteiger partial charge in [-0.2, -0.15) is 0 Å². The summed E-state index contributed by atoms with van der Waals surface area (Å²) < 4.78 is 0. The van der Waals surface area contributed by atoms with Gasteiger partial charge in [-0.3, -0.25) is 0 Å². The van der Waals surface area contributed by atoms with Gasteiger partial charge in [0.05, 0.1) is 5.60 Å². The molecular formula is C14H16O. The number of benzene rings is 2. The van der Waals surface area contributed by atoms with E-state index >= 15 is 0 Å². The van der Waals surface area contributed by atoms with Crippen LogP contribution in [-0.4, -0.2) is 10.7 Å². The van der Waals surface area contributed by atoms with E-state index in [0.717, 1.165) is 0 Å². The first-order valence-electron chi connectivity index (χ1n) is 5.25. The molecule has 78 valence electrons. The Morgan fingerprint density at radius 3 is 2.40 bits per heavy atom. The monoisotopic (exact) mass is 200 g/mol. The van der Waals surface area contributed by atoms with Crippen LogP contribution in [0.3, 0.4) is 0 Å². The zero-order valence-corrected chi connectivity index (χ0v) is 9.20. The quantitative estimate of drug-likeness (QED) is 0.789. The zero-order chi connectivity index (χ0) is 10.9. The fourth-order valence-corrected chi connectivity index (χ4v) is 1.91. The molecule has 0 aromatic heterocycles. The first-order chi connectivity index (χ1) is 7.06. The predicted octanol–water partition coefficient (Wildman–Crippen LogP) is 3.15. The molecule has 2 rings (SSSR count). The summed E-state index contributed by atoms with van der Waals surface area (Å²) in [6.45, 7) is 3.68. The van der Waals surface area contributed by atoms with Crippen molar-refractivity contribution >= 4 is 10.8 Å². The van der Waals surface area contributed by atoms with Crippen molar-refractivity contribution in [2.24, 2.45) is 0 Å². The van der Waals surface area contributed by atoms with E-state index < -0.39 is 5.60 Å². The van der Waals surface area contributed by atoms with Gasteiger partial charge in [0.2, 0.25) is 0 Å². The Kier molecular flexibility index (Phi) is 2.49. The summed E-state index contributed by atoms with van der Waals surface area (Å²) in [6, 6.07) is 14.5. The molecule has 0 amide bonds. The highest BCUT2D eigenvalue weighted by Crippen LogP contribution is 2.22. The topological polar surface area (TPSA) is 20.2 Å². The number of hydrogen-bond donors (Lipinski definition) is 1. The summed E-state index contributed by atoms with van der Waals surface area (Å²) in [5.74, 6) is 0. The van der Waals surface area contributed by atoms with Gasteiger partial charge in [0.15, 0.2) is 0 Å². The van der Waals surface area contributed by atoms with Crippen molar-refractivity contribution in [3.8, 4) is 0 Å². The average molecular weight is 200 g/mol. The molecule has 0 bridgehead atoms. The molecule has 2 aromatic carbocycles. The summed E-state index contributed by atoms with van der Waals surface area (Å²) in [5, 5.41) is 12.3. The first-order valence-corrected chi connectivity index (χ1v) is 5.25. The zero-order valence-electron chi connectivity index (χ0n) is 9.20. The van der Waals surface area contributed by atoms with Crippen LogP contribution in [0.15, 0.2) is 42.5 Å². The van der Waals surface area contributed by atoms with Crippen molar-refractivity contribution < 1.29 is 5.11 Å². The Bertz CT molecular complexity index is 461. The van der Waals surface area contributed by atoms with Crippen molar-refractivity contribution in [2.45, 2.75) is 25.9 Å². The van der Waals surface area contributed by atoms with E-state index in [1.807, 2.05) is 32.0 Å². The molecule has 1 heteroatoms. The van der Waals surface area contributed by atoms with Gasteiger partial charge in [0.25, 0.3) is 0 Å². The summed E-state index contributed by atoms with van der Waals surface area (Å²) in [6.07, 6.45) is 0.689. The Hall–Kier alpha value is -1.34. The highest BCUT2D eigenvalue weighted by molar-refractivity contribution is 5.85. The minimum absolute atomic E-state index is 0.649. The number of rotatable bonds is 2. The first kappa shape index (κ1) is 10.2. The SMILES string of the molecule is CC(C)(O)Cc1cccc2ccccc12. The van der Waals surface area contributed by atoms with E-state index in [-0.39, 0.29) is 0 Å². The van der Waals surface area contributed by atoms with Gasteiger partial charge < -0.3 is 5.11 Å². The normalized spacial score (nSPS) is 11.9. The standard InChI is InChI=1S/C14H16O/c1-14(2,15)10-12-8-5-7-11-6-3-4-9-13(11)12/h3-9,15H,10H2,1-2H3. The molecule has 0 aliphatic rings. The van der Waals surface area contributed by atoms with Crippen LogP contribution >= 0.6 is 0 Å². The molecule has 0 radical (unpaired) electrons. The molecule has 2 aromatic rings. The highest BCUT2D eigenvalue weighted by atomic mass is 16.3. The fraction of sp³-hybridized carbons (Fsp3) is 0.286. The maximum absolute atomic E-state index is 9.83. The molecule has 0 unspecified atom stereocenters. The van der Waals surface area contributed by atoms with E-state index in [0.29, 0.717) is 6.42 Å². The van der Waals surface area contributed by atoms with Gasteiger partial charge in [0, 0.05) is 6.42 Å². The molecule has 0 fully saturated rings. The molecule has 0 aliphatic heterocycles. The molecule has 1 N–H and O–H groups in total. The Labute approximate surface area is 90.4 Å². The Balaban J connectivity index is 2.52. The van der Waals surface area contributed by atoms with Crippen LogP contribution in [0.5, 0.6) is 0 Å². The van der Waals surface area contributed by atoms with E-state index in [1.54, 1.807) is 0 Å². The van der Waals surface area contributed by atoms with Crippen LogP contribution < -0.4 is 0 Å². The number of aliphatic hydroxyl groups is 1.